The average molecular weight is 403 g/mol. The molecular weight excluding hydrogens is 375 g/mol. The van der Waals surface area contributed by atoms with E-state index in [2.05, 4.69) is 0 Å². The first-order valence-electron chi connectivity index (χ1n) is 9.71. The third kappa shape index (κ3) is 5.19. The molecule has 0 radical (unpaired) electrons. The van der Waals surface area contributed by atoms with Crippen molar-refractivity contribution in [3.05, 3.63) is 57.5 Å². The number of benzene rings is 1. The molecule has 0 atom stereocenters. The third-order valence-corrected chi connectivity index (χ3v) is 6.02. The molecule has 0 saturated heterocycles. The maximum atomic E-state index is 13.3. The van der Waals surface area contributed by atoms with Gasteiger partial charge in [-0.3, -0.25) is 9.59 Å². The van der Waals surface area contributed by atoms with Crippen molar-refractivity contribution in [2.75, 3.05) is 6.54 Å². The summed E-state index contributed by atoms with van der Waals surface area (Å²) >= 11 is 1.62. The minimum Gasteiger partial charge on any atom is -0.332 e. The van der Waals surface area contributed by atoms with E-state index in [-0.39, 0.29) is 36.1 Å². The van der Waals surface area contributed by atoms with E-state index in [4.69, 9.17) is 0 Å². The monoisotopic (exact) mass is 402 g/mol. The first-order valence-corrected chi connectivity index (χ1v) is 10.6. The highest BCUT2D eigenvalue weighted by Crippen LogP contribution is 2.28. The lowest BCUT2D eigenvalue weighted by Crippen LogP contribution is -2.44. The van der Waals surface area contributed by atoms with Crippen molar-refractivity contribution in [3.8, 4) is 0 Å². The van der Waals surface area contributed by atoms with Crippen LogP contribution in [-0.4, -0.2) is 34.2 Å². The standard InChI is InChI=1S/C22H27FN2O2S/c1-15(2)22(27)25(19-8-9-19)14-21(26)24(13-20-16(3)10-11-28-20)12-17-4-6-18(23)7-5-17/h4-7,10-11,15,19H,8-9,12-14H2,1-3H3. The number of rotatable bonds is 8. The summed E-state index contributed by atoms with van der Waals surface area (Å²) in [7, 11) is 0. The minimum atomic E-state index is -0.293. The number of nitrogens with zero attached hydrogens (tertiary/aromatic N) is 2. The molecule has 0 spiro atoms. The van der Waals surface area contributed by atoms with Gasteiger partial charge in [0.15, 0.2) is 0 Å². The van der Waals surface area contributed by atoms with Gasteiger partial charge in [-0.05, 0) is 54.5 Å². The van der Waals surface area contributed by atoms with Crippen LogP contribution in [0, 0.1) is 18.7 Å². The molecular formula is C22H27FN2O2S. The fraction of sp³-hybridized carbons (Fsp3) is 0.455. The van der Waals surface area contributed by atoms with Crippen molar-refractivity contribution in [3.63, 3.8) is 0 Å². The number of amides is 2. The molecule has 1 fully saturated rings. The summed E-state index contributed by atoms with van der Waals surface area (Å²) in [5.74, 6) is -0.459. The van der Waals surface area contributed by atoms with E-state index in [0.717, 1.165) is 28.8 Å². The molecule has 1 aliphatic rings. The molecule has 0 N–H and O–H groups in total. The SMILES string of the molecule is Cc1ccsc1CN(Cc1ccc(F)cc1)C(=O)CN(C(=O)C(C)C)C1CC1. The smallest absolute Gasteiger partial charge is 0.242 e. The van der Waals surface area contributed by atoms with Crippen LogP contribution in [0.2, 0.25) is 0 Å². The van der Waals surface area contributed by atoms with Crippen LogP contribution in [0.25, 0.3) is 0 Å². The van der Waals surface area contributed by atoms with Gasteiger partial charge in [0.1, 0.15) is 12.4 Å². The Balaban J connectivity index is 1.78. The van der Waals surface area contributed by atoms with Gasteiger partial charge in [0, 0.05) is 23.4 Å². The van der Waals surface area contributed by atoms with Crippen molar-refractivity contribution in [1.82, 2.24) is 9.80 Å². The molecule has 1 aromatic carbocycles. The summed E-state index contributed by atoms with van der Waals surface area (Å²) in [6.45, 7) is 6.76. The average Bonchev–Trinajstić information content (AvgIpc) is 3.43. The lowest BCUT2D eigenvalue weighted by atomic mass is 10.1. The number of hydrogen-bond acceptors (Lipinski definition) is 3. The maximum Gasteiger partial charge on any atom is 0.242 e. The zero-order valence-corrected chi connectivity index (χ0v) is 17.5. The summed E-state index contributed by atoms with van der Waals surface area (Å²) in [6.07, 6.45) is 1.93. The van der Waals surface area contributed by atoms with Crippen molar-refractivity contribution < 1.29 is 14.0 Å². The highest BCUT2D eigenvalue weighted by molar-refractivity contribution is 7.10. The van der Waals surface area contributed by atoms with Crippen LogP contribution in [-0.2, 0) is 22.7 Å². The molecule has 1 aromatic heterocycles. The second-order valence-electron chi connectivity index (χ2n) is 7.76. The first-order chi connectivity index (χ1) is 13.3. The van der Waals surface area contributed by atoms with E-state index in [1.54, 1.807) is 33.3 Å². The van der Waals surface area contributed by atoms with Crippen molar-refractivity contribution >= 4 is 23.2 Å². The van der Waals surface area contributed by atoms with Crippen LogP contribution in [0.5, 0.6) is 0 Å². The van der Waals surface area contributed by atoms with E-state index in [1.165, 1.54) is 12.1 Å². The zero-order chi connectivity index (χ0) is 20.3. The number of halogens is 1. The normalized spacial score (nSPS) is 13.6. The first kappa shape index (κ1) is 20.5. The van der Waals surface area contributed by atoms with Crippen LogP contribution in [0.15, 0.2) is 35.7 Å². The highest BCUT2D eigenvalue weighted by atomic mass is 32.1. The van der Waals surface area contributed by atoms with Crippen molar-refractivity contribution in [2.24, 2.45) is 5.92 Å². The Morgan fingerprint density at radius 1 is 1.14 bits per heavy atom. The molecule has 28 heavy (non-hydrogen) atoms. The largest absolute Gasteiger partial charge is 0.332 e. The van der Waals surface area contributed by atoms with Gasteiger partial charge in [-0.1, -0.05) is 26.0 Å². The predicted molar refractivity (Wildman–Crippen MR) is 109 cm³/mol. The molecule has 1 saturated carbocycles. The second-order valence-corrected chi connectivity index (χ2v) is 8.76. The molecule has 2 amide bonds. The van der Waals surface area contributed by atoms with Gasteiger partial charge >= 0.3 is 0 Å². The van der Waals surface area contributed by atoms with E-state index in [0.29, 0.717) is 13.1 Å². The summed E-state index contributed by atoms with van der Waals surface area (Å²) in [6, 6.07) is 8.46. The Kier molecular flexibility index (Phi) is 6.50. The summed E-state index contributed by atoms with van der Waals surface area (Å²) in [4.78, 5) is 30.4. The lowest BCUT2D eigenvalue weighted by Gasteiger charge is -2.29. The van der Waals surface area contributed by atoms with Gasteiger partial charge in [0.25, 0.3) is 0 Å². The van der Waals surface area contributed by atoms with Gasteiger partial charge < -0.3 is 9.80 Å². The minimum absolute atomic E-state index is 0.0323. The van der Waals surface area contributed by atoms with Crippen molar-refractivity contribution in [1.29, 1.82) is 0 Å². The topological polar surface area (TPSA) is 40.6 Å². The fourth-order valence-electron chi connectivity index (χ4n) is 3.13. The Morgan fingerprint density at radius 2 is 1.82 bits per heavy atom. The van der Waals surface area contributed by atoms with E-state index in [1.807, 2.05) is 32.2 Å². The Labute approximate surface area is 170 Å². The summed E-state index contributed by atoms with van der Waals surface area (Å²) < 4.78 is 13.3. The molecule has 0 unspecified atom stereocenters. The molecule has 3 rings (SSSR count). The summed E-state index contributed by atoms with van der Waals surface area (Å²) in [5, 5.41) is 2.02. The maximum absolute atomic E-state index is 13.3. The fourth-order valence-corrected chi connectivity index (χ4v) is 4.05. The van der Waals surface area contributed by atoms with E-state index in [9.17, 15) is 14.0 Å². The van der Waals surface area contributed by atoms with Crippen LogP contribution in [0.4, 0.5) is 4.39 Å². The van der Waals surface area contributed by atoms with Crippen LogP contribution in [0.3, 0.4) is 0 Å². The quantitative estimate of drug-likeness (QED) is 0.658. The Morgan fingerprint density at radius 3 is 2.36 bits per heavy atom. The third-order valence-electron chi connectivity index (χ3n) is 5.01. The van der Waals surface area contributed by atoms with Gasteiger partial charge in [-0.15, -0.1) is 11.3 Å². The number of carbonyl (C=O) groups is 2. The molecule has 6 heteroatoms. The molecule has 1 heterocycles. The number of thiophene rings is 1. The predicted octanol–water partition coefficient (Wildman–Crippen LogP) is 4.37. The van der Waals surface area contributed by atoms with Gasteiger partial charge in [-0.2, -0.15) is 0 Å². The molecule has 0 bridgehead atoms. The zero-order valence-electron chi connectivity index (χ0n) is 16.7. The Hall–Kier alpha value is -2.21. The second kappa shape index (κ2) is 8.86. The van der Waals surface area contributed by atoms with Crippen LogP contribution < -0.4 is 0 Å². The molecule has 2 aromatic rings. The summed E-state index contributed by atoms with van der Waals surface area (Å²) in [5.41, 5.74) is 2.02. The van der Waals surface area contributed by atoms with E-state index < -0.39 is 0 Å². The molecule has 1 aliphatic carbocycles. The van der Waals surface area contributed by atoms with Crippen LogP contribution in [0.1, 0.15) is 42.7 Å². The Bertz CT molecular complexity index is 827. The highest BCUT2D eigenvalue weighted by Gasteiger charge is 2.35. The molecule has 0 aliphatic heterocycles. The number of hydrogen-bond donors (Lipinski definition) is 0. The van der Waals surface area contributed by atoms with Gasteiger partial charge in [0.05, 0.1) is 6.54 Å². The molecule has 150 valence electrons. The number of aryl methyl sites for hydroxylation is 1. The number of carbonyl (C=O) groups excluding carboxylic acids is 2. The lowest BCUT2D eigenvalue weighted by molar-refractivity contribution is -0.143. The molecule has 4 nitrogen and oxygen atoms in total. The van der Waals surface area contributed by atoms with Gasteiger partial charge in [-0.25, -0.2) is 4.39 Å². The van der Waals surface area contributed by atoms with Gasteiger partial charge in [0.2, 0.25) is 11.8 Å². The van der Waals surface area contributed by atoms with Crippen LogP contribution >= 0.6 is 11.3 Å². The van der Waals surface area contributed by atoms with E-state index >= 15 is 0 Å². The van der Waals surface area contributed by atoms with Crippen molar-refractivity contribution in [2.45, 2.75) is 52.7 Å².